The standard InChI is InChI=1S/C14H22N2O3S/c1-19-13-5-3-12(4-6-13)14(11-15)16-7-2-9-20(17,18)10-8-16/h3-6,14H,2,7-11,15H2,1H3. The molecule has 0 aromatic heterocycles. The first-order chi connectivity index (χ1) is 9.55. The van der Waals surface area contributed by atoms with Crippen molar-refractivity contribution in [2.24, 2.45) is 5.73 Å². The molecule has 1 atom stereocenters. The molecule has 1 aromatic carbocycles. The van der Waals surface area contributed by atoms with Gasteiger partial charge < -0.3 is 10.5 Å². The summed E-state index contributed by atoms with van der Waals surface area (Å²) in [7, 11) is -1.26. The highest BCUT2D eigenvalue weighted by Gasteiger charge is 2.24. The van der Waals surface area contributed by atoms with Crippen LogP contribution in [-0.2, 0) is 9.84 Å². The smallest absolute Gasteiger partial charge is 0.151 e. The molecule has 1 unspecified atom stereocenters. The van der Waals surface area contributed by atoms with Gasteiger partial charge in [-0.05, 0) is 30.7 Å². The van der Waals surface area contributed by atoms with E-state index < -0.39 is 9.84 Å². The van der Waals surface area contributed by atoms with Gasteiger partial charge in [-0.2, -0.15) is 0 Å². The average Bonchev–Trinajstić information content (AvgIpc) is 2.62. The lowest BCUT2D eigenvalue weighted by molar-refractivity contribution is 0.217. The van der Waals surface area contributed by atoms with Gasteiger partial charge in [-0.3, -0.25) is 4.90 Å². The highest BCUT2D eigenvalue weighted by Crippen LogP contribution is 2.23. The van der Waals surface area contributed by atoms with Gasteiger partial charge in [0.15, 0.2) is 9.84 Å². The molecule has 1 aliphatic heterocycles. The number of hydrogen-bond acceptors (Lipinski definition) is 5. The molecule has 0 radical (unpaired) electrons. The molecule has 1 heterocycles. The maximum Gasteiger partial charge on any atom is 0.151 e. The van der Waals surface area contributed by atoms with Crippen molar-refractivity contribution in [3.8, 4) is 5.75 Å². The van der Waals surface area contributed by atoms with Crippen molar-refractivity contribution in [2.45, 2.75) is 12.5 Å². The third-order valence-corrected chi connectivity index (χ3v) is 5.47. The van der Waals surface area contributed by atoms with Crippen molar-refractivity contribution in [3.63, 3.8) is 0 Å². The minimum atomic E-state index is -2.89. The molecule has 5 nitrogen and oxygen atoms in total. The SMILES string of the molecule is COc1ccc(C(CN)N2CCCS(=O)(=O)CC2)cc1. The van der Waals surface area contributed by atoms with Crippen LogP contribution < -0.4 is 10.5 Å². The Hall–Kier alpha value is -1.11. The molecule has 1 aliphatic rings. The third kappa shape index (κ3) is 3.71. The van der Waals surface area contributed by atoms with Gasteiger partial charge >= 0.3 is 0 Å². The average molecular weight is 298 g/mol. The number of ether oxygens (including phenoxy) is 1. The topological polar surface area (TPSA) is 72.6 Å². The predicted molar refractivity (Wildman–Crippen MR) is 79.6 cm³/mol. The summed E-state index contributed by atoms with van der Waals surface area (Å²) in [5.41, 5.74) is 7.01. The van der Waals surface area contributed by atoms with Gasteiger partial charge in [0.05, 0.1) is 18.6 Å². The Balaban J connectivity index is 2.14. The summed E-state index contributed by atoms with van der Waals surface area (Å²) >= 11 is 0. The molecule has 6 heteroatoms. The van der Waals surface area contributed by atoms with Gasteiger partial charge in [0.25, 0.3) is 0 Å². The van der Waals surface area contributed by atoms with E-state index >= 15 is 0 Å². The molecule has 1 fully saturated rings. The van der Waals surface area contributed by atoms with E-state index in [1.54, 1.807) is 7.11 Å². The largest absolute Gasteiger partial charge is 0.497 e. The fraction of sp³-hybridized carbons (Fsp3) is 0.571. The van der Waals surface area contributed by atoms with E-state index in [-0.39, 0.29) is 17.5 Å². The van der Waals surface area contributed by atoms with Gasteiger partial charge in [-0.1, -0.05) is 12.1 Å². The molecular formula is C14H22N2O3S. The predicted octanol–water partition coefficient (Wildman–Crippen LogP) is 0.816. The monoisotopic (exact) mass is 298 g/mol. The van der Waals surface area contributed by atoms with Crippen molar-refractivity contribution in [3.05, 3.63) is 29.8 Å². The van der Waals surface area contributed by atoms with Crippen LogP contribution in [0.2, 0.25) is 0 Å². The second-order valence-electron chi connectivity index (χ2n) is 5.07. The second kappa shape index (κ2) is 6.56. The van der Waals surface area contributed by atoms with Crippen LogP contribution in [0.4, 0.5) is 0 Å². The zero-order valence-electron chi connectivity index (χ0n) is 11.8. The van der Waals surface area contributed by atoms with Crippen molar-refractivity contribution in [2.75, 3.05) is 38.2 Å². The lowest BCUT2D eigenvalue weighted by Crippen LogP contribution is -2.35. The van der Waals surface area contributed by atoms with Crippen LogP contribution in [0.3, 0.4) is 0 Å². The van der Waals surface area contributed by atoms with Crippen LogP contribution in [0.15, 0.2) is 24.3 Å². The Morgan fingerprint density at radius 3 is 2.55 bits per heavy atom. The number of nitrogens with two attached hydrogens (primary N) is 1. The summed E-state index contributed by atoms with van der Waals surface area (Å²) in [6.45, 7) is 1.80. The highest BCUT2D eigenvalue weighted by molar-refractivity contribution is 7.91. The molecule has 2 rings (SSSR count). The van der Waals surface area contributed by atoms with Crippen molar-refractivity contribution in [1.82, 2.24) is 4.90 Å². The van der Waals surface area contributed by atoms with E-state index in [1.165, 1.54) is 0 Å². The van der Waals surface area contributed by atoms with Crippen LogP contribution in [-0.4, -0.2) is 51.6 Å². The van der Waals surface area contributed by atoms with Crippen molar-refractivity contribution < 1.29 is 13.2 Å². The van der Waals surface area contributed by atoms with Gasteiger partial charge in [-0.25, -0.2) is 8.42 Å². The van der Waals surface area contributed by atoms with Gasteiger partial charge in [0.1, 0.15) is 5.75 Å². The summed E-state index contributed by atoms with van der Waals surface area (Å²) < 4.78 is 28.5. The molecule has 0 saturated carbocycles. The lowest BCUT2D eigenvalue weighted by atomic mass is 10.0. The Labute approximate surface area is 120 Å². The molecule has 0 spiro atoms. The fourth-order valence-corrected chi connectivity index (χ4v) is 3.88. The van der Waals surface area contributed by atoms with E-state index in [2.05, 4.69) is 4.90 Å². The van der Waals surface area contributed by atoms with E-state index in [0.717, 1.165) is 17.9 Å². The number of benzene rings is 1. The van der Waals surface area contributed by atoms with Crippen LogP contribution in [0.5, 0.6) is 5.75 Å². The molecule has 2 N–H and O–H groups in total. The molecule has 1 saturated heterocycles. The quantitative estimate of drug-likeness (QED) is 0.891. The molecule has 20 heavy (non-hydrogen) atoms. The maximum atomic E-state index is 11.7. The lowest BCUT2D eigenvalue weighted by Gasteiger charge is -2.29. The first-order valence-electron chi connectivity index (χ1n) is 6.84. The van der Waals surface area contributed by atoms with E-state index in [4.69, 9.17) is 10.5 Å². The van der Waals surface area contributed by atoms with Crippen LogP contribution >= 0.6 is 0 Å². The minimum Gasteiger partial charge on any atom is -0.497 e. The normalized spacial score (nSPS) is 21.1. The summed E-state index contributed by atoms with van der Waals surface area (Å²) in [6, 6.07) is 7.87. The Bertz CT molecular complexity index is 528. The Kier molecular flexibility index (Phi) is 5.01. The number of sulfone groups is 1. The molecule has 0 amide bonds. The fourth-order valence-electron chi connectivity index (χ4n) is 2.59. The van der Waals surface area contributed by atoms with E-state index in [0.29, 0.717) is 19.5 Å². The molecule has 1 aromatic rings. The van der Waals surface area contributed by atoms with Gasteiger partial charge in [0.2, 0.25) is 0 Å². The van der Waals surface area contributed by atoms with Crippen molar-refractivity contribution in [1.29, 1.82) is 0 Å². The summed E-state index contributed by atoms with van der Waals surface area (Å²) in [4.78, 5) is 2.17. The highest BCUT2D eigenvalue weighted by atomic mass is 32.2. The number of rotatable bonds is 4. The van der Waals surface area contributed by atoms with Crippen LogP contribution in [0.25, 0.3) is 0 Å². The summed E-state index contributed by atoms with van der Waals surface area (Å²) in [5.74, 6) is 1.31. The second-order valence-corrected chi connectivity index (χ2v) is 7.37. The van der Waals surface area contributed by atoms with Gasteiger partial charge in [-0.15, -0.1) is 0 Å². The summed E-state index contributed by atoms with van der Waals surface area (Å²) in [6.07, 6.45) is 0.676. The minimum absolute atomic E-state index is 0.0641. The zero-order valence-corrected chi connectivity index (χ0v) is 12.6. The molecule has 0 aliphatic carbocycles. The Morgan fingerprint density at radius 2 is 1.95 bits per heavy atom. The summed E-state index contributed by atoms with van der Waals surface area (Å²) in [5, 5.41) is 0. The van der Waals surface area contributed by atoms with E-state index in [1.807, 2.05) is 24.3 Å². The first kappa shape index (κ1) is 15.3. The molecule has 112 valence electrons. The molecular weight excluding hydrogens is 276 g/mol. The van der Waals surface area contributed by atoms with Crippen LogP contribution in [0.1, 0.15) is 18.0 Å². The number of nitrogens with zero attached hydrogens (tertiary/aromatic N) is 1. The van der Waals surface area contributed by atoms with Gasteiger partial charge in [0, 0.05) is 19.1 Å². The van der Waals surface area contributed by atoms with Crippen molar-refractivity contribution >= 4 is 9.84 Å². The number of hydrogen-bond donors (Lipinski definition) is 1. The van der Waals surface area contributed by atoms with Crippen LogP contribution in [0, 0.1) is 0 Å². The molecule has 0 bridgehead atoms. The number of methoxy groups -OCH3 is 1. The Morgan fingerprint density at radius 1 is 1.25 bits per heavy atom. The maximum absolute atomic E-state index is 11.7. The van der Waals surface area contributed by atoms with E-state index in [9.17, 15) is 8.42 Å². The zero-order chi connectivity index (χ0) is 14.6. The first-order valence-corrected chi connectivity index (χ1v) is 8.66. The third-order valence-electron chi connectivity index (χ3n) is 3.75.